The average molecular weight is 203 g/mol. The smallest absolute Gasteiger partial charge is 0.120 e. The number of halogens is 1. The normalized spacial score (nSPS) is 13.1. The van der Waals surface area contributed by atoms with E-state index in [1.807, 2.05) is 0 Å². The first kappa shape index (κ1) is 11.1. The predicted octanol–water partition coefficient (Wildman–Crippen LogP) is 0.317. The maximum absolute atomic E-state index is 11.9. The summed E-state index contributed by atoms with van der Waals surface area (Å²) in [7, 11) is 1.50. The topological polar surface area (TPSA) is 60.2 Å². The maximum Gasteiger partial charge on any atom is 0.120 e. The first-order valence-electron chi connectivity index (χ1n) is 4.41. The Morgan fingerprint density at radius 3 is 3.14 bits per heavy atom. The number of ether oxygens (including phenoxy) is 1. The molecule has 14 heavy (non-hydrogen) atoms. The van der Waals surface area contributed by atoms with Crippen molar-refractivity contribution in [2.75, 3.05) is 20.4 Å². The predicted molar refractivity (Wildman–Crippen MR) is 47.4 cm³/mol. The van der Waals surface area contributed by atoms with Crippen molar-refractivity contribution < 1.29 is 14.2 Å². The Morgan fingerprint density at radius 2 is 2.50 bits per heavy atom. The lowest BCUT2D eigenvalue weighted by molar-refractivity contribution is 0.0584. The lowest BCUT2D eigenvalue weighted by Gasteiger charge is -2.10. The van der Waals surface area contributed by atoms with Crippen LogP contribution in [0.15, 0.2) is 6.20 Å². The number of methoxy groups -OCH3 is 1. The molecule has 1 aromatic heterocycles. The van der Waals surface area contributed by atoms with Crippen LogP contribution in [0.4, 0.5) is 4.39 Å². The van der Waals surface area contributed by atoms with Gasteiger partial charge in [-0.25, -0.2) is 4.68 Å². The zero-order valence-corrected chi connectivity index (χ0v) is 8.06. The number of nitrogens with zero attached hydrogens (tertiary/aromatic N) is 3. The van der Waals surface area contributed by atoms with E-state index in [9.17, 15) is 9.50 Å². The van der Waals surface area contributed by atoms with Gasteiger partial charge >= 0.3 is 0 Å². The van der Waals surface area contributed by atoms with Gasteiger partial charge in [0.25, 0.3) is 0 Å². The first-order chi connectivity index (χ1) is 6.79. The standard InChI is InChI=1S/C8H14FN3O2/c1-14-6-8(13)7-5-10-11-12(7)4-2-3-9/h5,8,13H,2-4,6H2,1H3/t8-/m1/s1. The quantitative estimate of drug-likeness (QED) is 0.723. The highest BCUT2D eigenvalue weighted by Crippen LogP contribution is 2.11. The molecule has 5 nitrogen and oxygen atoms in total. The monoisotopic (exact) mass is 203 g/mol. The van der Waals surface area contributed by atoms with E-state index < -0.39 is 12.8 Å². The van der Waals surface area contributed by atoms with Gasteiger partial charge in [-0.1, -0.05) is 5.21 Å². The summed E-state index contributed by atoms with van der Waals surface area (Å²) in [5.74, 6) is 0. The number of rotatable bonds is 6. The third-order valence-corrected chi connectivity index (χ3v) is 1.82. The summed E-state index contributed by atoms with van der Waals surface area (Å²) in [5.41, 5.74) is 0.556. The number of aliphatic hydroxyl groups excluding tert-OH is 1. The maximum atomic E-state index is 11.9. The van der Waals surface area contributed by atoms with Crippen LogP contribution in [0, 0.1) is 0 Å². The highest BCUT2D eigenvalue weighted by atomic mass is 19.1. The summed E-state index contributed by atoms with van der Waals surface area (Å²) >= 11 is 0. The fourth-order valence-electron chi connectivity index (χ4n) is 1.15. The molecular weight excluding hydrogens is 189 g/mol. The minimum atomic E-state index is -0.755. The van der Waals surface area contributed by atoms with E-state index in [-0.39, 0.29) is 6.61 Å². The molecule has 0 aliphatic carbocycles. The first-order valence-corrected chi connectivity index (χ1v) is 4.41. The minimum Gasteiger partial charge on any atom is -0.384 e. The molecule has 0 saturated heterocycles. The molecule has 80 valence electrons. The van der Waals surface area contributed by atoms with Gasteiger partial charge in [0.15, 0.2) is 0 Å². The van der Waals surface area contributed by atoms with Crippen LogP contribution in [0.25, 0.3) is 0 Å². The Hall–Kier alpha value is -1.01. The van der Waals surface area contributed by atoms with E-state index in [1.54, 1.807) is 0 Å². The van der Waals surface area contributed by atoms with Gasteiger partial charge in [-0.3, -0.25) is 4.39 Å². The number of aliphatic hydroxyl groups is 1. The molecule has 1 aromatic rings. The van der Waals surface area contributed by atoms with Gasteiger partial charge in [0.05, 0.1) is 25.2 Å². The van der Waals surface area contributed by atoms with Crippen molar-refractivity contribution in [3.8, 4) is 0 Å². The summed E-state index contributed by atoms with van der Waals surface area (Å²) in [4.78, 5) is 0. The van der Waals surface area contributed by atoms with Crippen LogP contribution in [-0.4, -0.2) is 40.5 Å². The van der Waals surface area contributed by atoms with Crippen LogP contribution >= 0.6 is 0 Å². The molecule has 0 aliphatic heterocycles. The fraction of sp³-hybridized carbons (Fsp3) is 0.750. The number of aryl methyl sites for hydroxylation is 1. The third-order valence-electron chi connectivity index (χ3n) is 1.82. The van der Waals surface area contributed by atoms with Crippen LogP contribution in [-0.2, 0) is 11.3 Å². The van der Waals surface area contributed by atoms with Gasteiger partial charge in [0.1, 0.15) is 6.10 Å². The number of hydrogen-bond acceptors (Lipinski definition) is 4. The van der Waals surface area contributed by atoms with Crippen molar-refractivity contribution in [1.82, 2.24) is 15.0 Å². The molecule has 0 aromatic carbocycles. The van der Waals surface area contributed by atoms with Crippen LogP contribution in [0.3, 0.4) is 0 Å². The molecule has 0 amide bonds. The third kappa shape index (κ3) is 2.74. The largest absolute Gasteiger partial charge is 0.384 e. The van der Waals surface area contributed by atoms with Crippen LogP contribution < -0.4 is 0 Å². The van der Waals surface area contributed by atoms with Crippen molar-refractivity contribution in [3.63, 3.8) is 0 Å². The Balaban J connectivity index is 2.61. The Labute approximate surface area is 81.5 Å². The second kappa shape index (κ2) is 5.66. The Bertz CT molecular complexity index is 267. The summed E-state index contributed by atoms with van der Waals surface area (Å²) in [6.45, 7) is 0.204. The van der Waals surface area contributed by atoms with E-state index in [2.05, 4.69) is 10.3 Å². The summed E-state index contributed by atoms with van der Waals surface area (Å²) < 4.78 is 18.2. The fourth-order valence-corrected chi connectivity index (χ4v) is 1.15. The van der Waals surface area contributed by atoms with E-state index in [1.165, 1.54) is 18.0 Å². The molecule has 0 radical (unpaired) electrons. The van der Waals surface area contributed by atoms with Crippen molar-refractivity contribution in [3.05, 3.63) is 11.9 Å². The van der Waals surface area contributed by atoms with Gasteiger partial charge < -0.3 is 9.84 Å². The van der Waals surface area contributed by atoms with Crippen molar-refractivity contribution in [1.29, 1.82) is 0 Å². The highest BCUT2D eigenvalue weighted by molar-refractivity contribution is 4.98. The summed E-state index contributed by atoms with van der Waals surface area (Å²) in [6.07, 6.45) is 1.08. The molecule has 1 N–H and O–H groups in total. The molecule has 0 aliphatic rings. The highest BCUT2D eigenvalue weighted by Gasteiger charge is 2.13. The lowest BCUT2D eigenvalue weighted by atomic mass is 10.3. The second-order valence-corrected chi connectivity index (χ2v) is 2.90. The molecule has 1 atom stereocenters. The number of hydrogen-bond donors (Lipinski definition) is 1. The van der Waals surface area contributed by atoms with Gasteiger partial charge in [-0.05, 0) is 6.42 Å². The zero-order chi connectivity index (χ0) is 10.4. The molecule has 0 spiro atoms. The van der Waals surface area contributed by atoms with Crippen LogP contribution in [0.1, 0.15) is 18.2 Å². The van der Waals surface area contributed by atoms with E-state index in [0.717, 1.165) is 0 Å². The van der Waals surface area contributed by atoms with Gasteiger partial charge in [-0.15, -0.1) is 5.10 Å². The van der Waals surface area contributed by atoms with Crippen LogP contribution in [0.5, 0.6) is 0 Å². The van der Waals surface area contributed by atoms with Gasteiger partial charge in [0.2, 0.25) is 0 Å². The SMILES string of the molecule is COC[C@@H](O)c1cnnn1CCCF. The van der Waals surface area contributed by atoms with Crippen molar-refractivity contribution >= 4 is 0 Å². The van der Waals surface area contributed by atoms with Gasteiger partial charge in [0, 0.05) is 13.7 Å². The molecule has 0 unspecified atom stereocenters. The van der Waals surface area contributed by atoms with Gasteiger partial charge in [-0.2, -0.15) is 0 Å². The van der Waals surface area contributed by atoms with Crippen LogP contribution in [0.2, 0.25) is 0 Å². The Morgan fingerprint density at radius 1 is 1.71 bits per heavy atom. The molecule has 0 saturated carbocycles. The van der Waals surface area contributed by atoms with E-state index in [4.69, 9.17) is 4.74 Å². The summed E-state index contributed by atoms with van der Waals surface area (Å²) in [6, 6.07) is 0. The molecule has 1 rings (SSSR count). The molecule has 6 heteroatoms. The van der Waals surface area contributed by atoms with Crippen molar-refractivity contribution in [2.24, 2.45) is 0 Å². The molecular formula is C8H14FN3O2. The van der Waals surface area contributed by atoms with E-state index in [0.29, 0.717) is 18.7 Å². The average Bonchev–Trinajstić information content (AvgIpc) is 2.63. The Kier molecular flexibility index (Phi) is 4.48. The molecule has 0 fully saturated rings. The summed E-state index contributed by atoms with van der Waals surface area (Å²) in [5, 5.41) is 17.0. The van der Waals surface area contributed by atoms with Crippen molar-refractivity contribution in [2.45, 2.75) is 19.1 Å². The lowest BCUT2D eigenvalue weighted by Crippen LogP contribution is -2.13. The second-order valence-electron chi connectivity index (χ2n) is 2.90. The molecule has 0 bridgehead atoms. The number of alkyl halides is 1. The number of aromatic nitrogens is 3. The molecule has 1 heterocycles. The minimum absolute atomic E-state index is 0.184. The zero-order valence-electron chi connectivity index (χ0n) is 8.06. The van der Waals surface area contributed by atoms with E-state index >= 15 is 0 Å².